The first kappa shape index (κ1) is 15.9. The lowest BCUT2D eigenvalue weighted by atomic mass is 9.45. The summed E-state index contributed by atoms with van der Waals surface area (Å²) in [5, 5.41) is 2.82. The van der Waals surface area contributed by atoms with Crippen molar-refractivity contribution >= 4 is 17.3 Å². The lowest BCUT2D eigenvalue weighted by Crippen LogP contribution is -2.57. The van der Waals surface area contributed by atoms with Crippen molar-refractivity contribution in [1.82, 2.24) is 4.98 Å². The highest BCUT2D eigenvalue weighted by Gasteiger charge is 2.57. The number of hydrogen-bond donors (Lipinski definition) is 0. The van der Waals surface area contributed by atoms with Crippen LogP contribution in [0.25, 0.3) is 0 Å². The Hall–Kier alpha value is -0.940. The molecule has 4 atom stereocenters. The molecule has 0 N–H and O–H groups in total. The molecule has 5 heteroatoms. The van der Waals surface area contributed by atoms with E-state index >= 15 is 0 Å². The van der Waals surface area contributed by atoms with Crippen LogP contribution < -0.4 is 0 Å². The molecule has 0 saturated heterocycles. The molecule has 0 spiro atoms. The van der Waals surface area contributed by atoms with E-state index in [0.717, 1.165) is 17.1 Å². The van der Waals surface area contributed by atoms with Gasteiger partial charge in [0, 0.05) is 12.5 Å². The highest BCUT2D eigenvalue weighted by molar-refractivity contribution is 7.09. The Balaban J connectivity index is 1.54. The van der Waals surface area contributed by atoms with Crippen molar-refractivity contribution in [2.75, 3.05) is 7.11 Å². The first-order valence-corrected chi connectivity index (χ1v) is 8.91. The summed E-state index contributed by atoms with van der Waals surface area (Å²) in [5.41, 5.74) is 1.21. The summed E-state index contributed by atoms with van der Waals surface area (Å²) >= 11 is 1.53. The molecule has 0 aromatic carbocycles. The fourth-order valence-electron chi connectivity index (χ4n) is 4.24. The van der Waals surface area contributed by atoms with Crippen LogP contribution in [0.4, 0.5) is 0 Å². The van der Waals surface area contributed by atoms with Gasteiger partial charge in [-0.1, -0.05) is 20.8 Å². The molecule has 3 fully saturated rings. The van der Waals surface area contributed by atoms with Crippen LogP contribution in [0, 0.1) is 23.2 Å². The Labute approximate surface area is 136 Å². The second-order valence-corrected chi connectivity index (χ2v) is 8.27. The average molecular weight is 323 g/mol. The van der Waals surface area contributed by atoms with Gasteiger partial charge >= 0.3 is 5.97 Å². The number of carbonyl (C=O) groups excluding carboxylic acids is 1. The van der Waals surface area contributed by atoms with E-state index in [9.17, 15) is 4.79 Å². The van der Waals surface area contributed by atoms with E-state index in [0.29, 0.717) is 29.8 Å². The molecule has 0 unspecified atom stereocenters. The summed E-state index contributed by atoms with van der Waals surface area (Å²) in [4.78, 5) is 16.6. The number of hydrogen-bond acceptors (Lipinski definition) is 5. The van der Waals surface area contributed by atoms with Gasteiger partial charge in [-0.2, -0.15) is 0 Å². The van der Waals surface area contributed by atoms with Gasteiger partial charge in [-0.3, -0.25) is 4.79 Å². The maximum absolute atomic E-state index is 12.2. The third-order valence-electron chi connectivity index (χ3n) is 5.76. The number of rotatable bonds is 5. The second-order valence-electron chi connectivity index (χ2n) is 7.33. The molecule has 2 bridgehead atoms. The maximum atomic E-state index is 12.2. The van der Waals surface area contributed by atoms with Gasteiger partial charge in [0.05, 0.1) is 18.7 Å². The van der Waals surface area contributed by atoms with Gasteiger partial charge in [0.1, 0.15) is 11.1 Å². The summed E-state index contributed by atoms with van der Waals surface area (Å²) < 4.78 is 10.8. The van der Waals surface area contributed by atoms with E-state index in [1.54, 1.807) is 7.11 Å². The number of aromatic nitrogens is 1. The number of ether oxygens (including phenoxy) is 2. The number of thiazole rings is 1. The molecule has 0 amide bonds. The van der Waals surface area contributed by atoms with Crippen LogP contribution in [0.5, 0.6) is 0 Å². The Morgan fingerprint density at radius 3 is 2.86 bits per heavy atom. The topological polar surface area (TPSA) is 48.4 Å². The average Bonchev–Trinajstić information content (AvgIpc) is 2.88. The minimum Gasteiger partial charge on any atom is -0.462 e. The van der Waals surface area contributed by atoms with E-state index in [1.807, 2.05) is 5.38 Å². The van der Waals surface area contributed by atoms with Gasteiger partial charge < -0.3 is 9.47 Å². The zero-order chi connectivity index (χ0) is 15.9. The van der Waals surface area contributed by atoms with E-state index in [1.165, 1.54) is 17.8 Å². The van der Waals surface area contributed by atoms with Gasteiger partial charge in [0.2, 0.25) is 0 Å². The summed E-state index contributed by atoms with van der Waals surface area (Å²) in [7, 11) is 1.65. The smallest absolute Gasteiger partial charge is 0.312 e. The van der Waals surface area contributed by atoms with Crippen LogP contribution in [-0.4, -0.2) is 24.2 Å². The normalized spacial score (nSPS) is 32.4. The van der Waals surface area contributed by atoms with Crippen LogP contribution >= 0.6 is 11.3 Å². The van der Waals surface area contributed by atoms with Gasteiger partial charge in [-0.25, -0.2) is 4.98 Å². The Morgan fingerprint density at radius 2 is 2.23 bits per heavy atom. The zero-order valence-corrected chi connectivity index (χ0v) is 14.6. The predicted octanol–water partition coefficient (Wildman–Crippen LogP) is 3.45. The minimum atomic E-state index is -0.148. The minimum absolute atomic E-state index is 0.0846. The molecule has 4 nitrogen and oxygen atoms in total. The largest absolute Gasteiger partial charge is 0.462 e. The third-order valence-corrected chi connectivity index (χ3v) is 6.63. The number of carbonyl (C=O) groups is 1. The number of esters is 1. The molecule has 122 valence electrons. The van der Waals surface area contributed by atoms with Crippen molar-refractivity contribution in [3.8, 4) is 0 Å². The van der Waals surface area contributed by atoms with Crippen LogP contribution in [0.3, 0.4) is 0 Å². The number of fused-ring (bicyclic) bond motifs is 2. The van der Waals surface area contributed by atoms with Crippen molar-refractivity contribution in [2.45, 2.75) is 52.7 Å². The Kier molecular flexibility index (Phi) is 4.29. The predicted molar refractivity (Wildman–Crippen MR) is 85.6 cm³/mol. The molecule has 1 aromatic heterocycles. The van der Waals surface area contributed by atoms with Crippen LogP contribution in [0.1, 0.15) is 44.3 Å². The quantitative estimate of drug-likeness (QED) is 0.779. The maximum Gasteiger partial charge on any atom is 0.312 e. The van der Waals surface area contributed by atoms with Crippen LogP contribution in [0.2, 0.25) is 0 Å². The first-order valence-electron chi connectivity index (χ1n) is 8.03. The standard InChI is InChI=1S/C17H25NO3S/c1-10-13-5-11(17(13,2)3)6-14(10)21-16(19)7-12-9-22-15(18-12)8-20-4/h9-11,13-14H,5-8H2,1-4H3/t10-,11+,13-,14-/m0/s1. The molecule has 0 aliphatic heterocycles. The highest BCUT2D eigenvalue weighted by Crippen LogP contribution is 2.61. The fourth-order valence-corrected chi connectivity index (χ4v) is 5.00. The molecular weight excluding hydrogens is 298 g/mol. The van der Waals surface area contributed by atoms with Gasteiger partial charge in [0.25, 0.3) is 0 Å². The summed E-state index contributed by atoms with van der Waals surface area (Å²) in [6, 6.07) is 0. The second kappa shape index (κ2) is 5.93. The van der Waals surface area contributed by atoms with Gasteiger partial charge in [-0.05, 0) is 36.0 Å². The van der Waals surface area contributed by atoms with E-state index < -0.39 is 0 Å². The number of nitrogens with zero attached hydrogens (tertiary/aromatic N) is 1. The van der Waals surface area contributed by atoms with E-state index in [-0.39, 0.29) is 18.5 Å². The summed E-state index contributed by atoms with van der Waals surface area (Å²) in [6.07, 6.45) is 2.67. The lowest BCUT2D eigenvalue weighted by Gasteiger charge is -2.61. The monoisotopic (exact) mass is 323 g/mol. The first-order chi connectivity index (χ1) is 10.4. The molecule has 22 heavy (non-hydrogen) atoms. The van der Waals surface area contributed by atoms with E-state index in [2.05, 4.69) is 25.8 Å². The van der Waals surface area contributed by atoms with Gasteiger partial charge in [-0.15, -0.1) is 11.3 Å². The molecule has 3 aliphatic rings. The van der Waals surface area contributed by atoms with E-state index in [4.69, 9.17) is 9.47 Å². The van der Waals surface area contributed by atoms with Crippen LogP contribution in [-0.2, 0) is 27.3 Å². The summed E-state index contributed by atoms with van der Waals surface area (Å²) in [5.74, 6) is 1.71. The summed E-state index contributed by atoms with van der Waals surface area (Å²) in [6.45, 7) is 7.44. The number of methoxy groups -OCH3 is 1. The Morgan fingerprint density at radius 1 is 1.45 bits per heavy atom. The lowest BCUT2D eigenvalue weighted by molar-refractivity contribution is -0.185. The molecule has 1 aromatic rings. The molecule has 0 radical (unpaired) electrons. The van der Waals surface area contributed by atoms with Crippen molar-refractivity contribution in [3.05, 3.63) is 16.1 Å². The highest BCUT2D eigenvalue weighted by atomic mass is 32.1. The van der Waals surface area contributed by atoms with Crippen molar-refractivity contribution in [1.29, 1.82) is 0 Å². The molecular formula is C17H25NO3S. The molecule has 4 rings (SSSR count). The Bertz CT molecular complexity index is 554. The van der Waals surface area contributed by atoms with Crippen LogP contribution in [0.15, 0.2) is 5.38 Å². The molecule has 1 heterocycles. The van der Waals surface area contributed by atoms with Crippen molar-refractivity contribution in [3.63, 3.8) is 0 Å². The van der Waals surface area contributed by atoms with Crippen molar-refractivity contribution < 1.29 is 14.3 Å². The SMILES string of the molecule is COCc1nc(CC(=O)O[C@H]2C[C@H]3C[C@@H]([C@@H]2C)C3(C)C)cs1. The zero-order valence-electron chi connectivity index (χ0n) is 13.8. The van der Waals surface area contributed by atoms with Gasteiger partial charge in [0.15, 0.2) is 0 Å². The molecule has 3 saturated carbocycles. The van der Waals surface area contributed by atoms with Crippen molar-refractivity contribution in [2.24, 2.45) is 23.2 Å². The fraction of sp³-hybridized carbons (Fsp3) is 0.765. The molecule has 3 aliphatic carbocycles. The third kappa shape index (κ3) is 2.81.